The molecule has 2 N–H and O–H groups in total. The van der Waals surface area contributed by atoms with E-state index in [0.717, 1.165) is 18.7 Å². The zero-order chi connectivity index (χ0) is 17.1. The molecule has 1 saturated heterocycles. The number of hydrogen-bond acceptors (Lipinski definition) is 6. The first-order valence-electron chi connectivity index (χ1n) is 8.28. The maximum absolute atomic E-state index is 12.3. The van der Waals surface area contributed by atoms with E-state index < -0.39 is 0 Å². The van der Waals surface area contributed by atoms with Gasteiger partial charge in [0.2, 0.25) is 0 Å². The first kappa shape index (κ1) is 16.0. The molecule has 0 aromatic carbocycles. The number of nitrogens with zero attached hydrogens (tertiary/aromatic N) is 2. The van der Waals surface area contributed by atoms with Gasteiger partial charge in [0.05, 0.1) is 17.1 Å². The molecule has 6 nitrogen and oxygen atoms in total. The average molecular weight is 354 g/mol. The predicted molar refractivity (Wildman–Crippen MR) is 95.2 cm³/mol. The summed E-state index contributed by atoms with van der Waals surface area (Å²) >= 11 is 1.54. The van der Waals surface area contributed by atoms with Crippen molar-refractivity contribution < 1.29 is 9.32 Å². The molecule has 3 aromatic rings. The second kappa shape index (κ2) is 7.16. The van der Waals surface area contributed by atoms with Gasteiger partial charge < -0.3 is 15.2 Å². The van der Waals surface area contributed by atoms with Gasteiger partial charge >= 0.3 is 0 Å². The lowest BCUT2D eigenvalue weighted by molar-refractivity contribution is 0.0951. The van der Waals surface area contributed by atoms with Gasteiger partial charge in [0, 0.05) is 23.2 Å². The van der Waals surface area contributed by atoms with Gasteiger partial charge in [0.25, 0.3) is 5.91 Å². The lowest BCUT2D eigenvalue weighted by Gasteiger charge is -2.05. The largest absolute Gasteiger partial charge is 0.359 e. The van der Waals surface area contributed by atoms with E-state index in [-0.39, 0.29) is 5.91 Å². The molecule has 1 unspecified atom stereocenters. The summed E-state index contributed by atoms with van der Waals surface area (Å²) in [4.78, 5) is 18.5. The third-order valence-corrected chi connectivity index (χ3v) is 5.36. The Kier molecular flexibility index (Phi) is 4.58. The van der Waals surface area contributed by atoms with Crippen molar-refractivity contribution in [3.05, 3.63) is 58.1 Å². The average Bonchev–Trinajstić information content (AvgIpc) is 3.41. The molecule has 1 amide bonds. The van der Waals surface area contributed by atoms with Crippen molar-refractivity contribution in [3.63, 3.8) is 0 Å². The van der Waals surface area contributed by atoms with E-state index in [1.165, 1.54) is 11.3 Å². The predicted octanol–water partition coefficient (Wildman–Crippen LogP) is 3.15. The van der Waals surface area contributed by atoms with Crippen molar-refractivity contribution in [1.29, 1.82) is 0 Å². The van der Waals surface area contributed by atoms with Crippen molar-refractivity contribution >= 4 is 17.2 Å². The fourth-order valence-electron chi connectivity index (χ4n) is 2.88. The van der Waals surface area contributed by atoms with Crippen LogP contribution in [0.4, 0.5) is 0 Å². The summed E-state index contributed by atoms with van der Waals surface area (Å²) in [6.45, 7) is 1.35. The van der Waals surface area contributed by atoms with Gasteiger partial charge in [-0.25, -0.2) is 0 Å². The smallest absolute Gasteiger partial charge is 0.261 e. The number of pyridine rings is 1. The Labute approximate surface area is 149 Å². The molecule has 0 radical (unpaired) electrons. The molecular weight excluding hydrogens is 336 g/mol. The van der Waals surface area contributed by atoms with Gasteiger partial charge in [0.1, 0.15) is 5.69 Å². The number of nitrogens with one attached hydrogen (secondary N) is 2. The third kappa shape index (κ3) is 3.62. The monoisotopic (exact) mass is 354 g/mol. The van der Waals surface area contributed by atoms with Gasteiger partial charge in [-0.3, -0.25) is 9.78 Å². The van der Waals surface area contributed by atoms with Crippen LogP contribution < -0.4 is 10.6 Å². The van der Waals surface area contributed by atoms with Crippen molar-refractivity contribution in [1.82, 2.24) is 20.8 Å². The molecule has 1 fully saturated rings. The summed E-state index contributed by atoms with van der Waals surface area (Å²) in [6, 6.07) is 11.7. The summed E-state index contributed by atoms with van der Waals surface area (Å²) in [5.41, 5.74) is 1.41. The minimum absolute atomic E-state index is 0.0926. The maximum Gasteiger partial charge on any atom is 0.261 e. The van der Waals surface area contributed by atoms with Gasteiger partial charge in [-0.1, -0.05) is 11.2 Å². The normalized spacial score (nSPS) is 16.9. The molecule has 4 rings (SSSR count). The van der Waals surface area contributed by atoms with Crippen LogP contribution in [-0.4, -0.2) is 22.6 Å². The van der Waals surface area contributed by atoms with Gasteiger partial charge in [-0.15, -0.1) is 11.3 Å². The van der Waals surface area contributed by atoms with E-state index in [9.17, 15) is 4.79 Å². The summed E-state index contributed by atoms with van der Waals surface area (Å²) in [5.74, 6) is 0.508. The Morgan fingerprint density at radius 3 is 3.08 bits per heavy atom. The number of hydrogen-bond donors (Lipinski definition) is 2. The first-order valence-corrected chi connectivity index (χ1v) is 9.09. The number of rotatable bonds is 5. The van der Waals surface area contributed by atoms with Crippen molar-refractivity contribution in [2.45, 2.75) is 25.4 Å². The van der Waals surface area contributed by atoms with Gasteiger partial charge in [-0.2, -0.15) is 0 Å². The molecule has 0 bridgehead atoms. The van der Waals surface area contributed by atoms with Crippen LogP contribution in [0.2, 0.25) is 0 Å². The SMILES string of the molecule is O=C(NCc1cc(-c2ccccn2)no1)c1ccc(C2CCCN2)s1. The van der Waals surface area contributed by atoms with E-state index in [1.54, 1.807) is 23.6 Å². The molecular formula is C18H18N4O2S. The standard InChI is InChI=1S/C18H18N4O2S/c23-18(17-7-6-16(25-17)14-5-3-9-20-14)21-11-12-10-15(22-24-12)13-4-1-2-8-19-13/h1-2,4,6-8,10,14,20H,3,5,9,11H2,(H,21,23). The zero-order valence-electron chi connectivity index (χ0n) is 13.6. The second-order valence-corrected chi connectivity index (χ2v) is 7.04. The lowest BCUT2D eigenvalue weighted by Crippen LogP contribution is -2.21. The van der Waals surface area contributed by atoms with Crippen LogP contribution in [-0.2, 0) is 6.54 Å². The first-order chi connectivity index (χ1) is 12.3. The quantitative estimate of drug-likeness (QED) is 0.736. The molecule has 0 aliphatic carbocycles. The van der Waals surface area contributed by atoms with Crippen LogP contribution >= 0.6 is 11.3 Å². The molecule has 3 aromatic heterocycles. The number of carbonyl (C=O) groups excluding carboxylic acids is 1. The van der Waals surface area contributed by atoms with E-state index in [0.29, 0.717) is 28.9 Å². The van der Waals surface area contributed by atoms with Gasteiger partial charge in [0.15, 0.2) is 5.76 Å². The number of carbonyl (C=O) groups is 1. The number of thiophene rings is 1. The zero-order valence-corrected chi connectivity index (χ0v) is 14.4. The molecule has 4 heterocycles. The fraction of sp³-hybridized carbons (Fsp3) is 0.278. The Morgan fingerprint density at radius 2 is 2.28 bits per heavy atom. The molecule has 1 atom stereocenters. The highest BCUT2D eigenvalue weighted by atomic mass is 32.1. The lowest BCUT2D eigenvalue weighted by atomic mass is 10.2. The van der Waals surface area contributed by atoms with E-state index in [1.807, 2.05) is 30.3 Å². The van der Waals surface area contributed by atoms with Crippen molar-refractivity contribution in [3.8, 4) is 11.4 Å². The highest BCUT2D eigenvalue weighted by Gasteiger charge is 2.19. The van der Waals surface area contributed by atoms with Crippen LogP contribution in [0, 0.1) is 0 Å². The van der Waals surface area contributed by atoms with Crippen LogP contribution in [0.1, 0.15) is 39.2 Å². The minimum atomic E-state index is -0.0926. The summed E-state index contributed by atoms with van der Waals surface area (Å²) in [7, 11) is 0. The molecule has 25 heavy (non-hydrogen) atoms. The van der Waals surface area contributed by atoms with Crippen LogP contribution in [0.25, 0.3) is 11.4 Å². The van der Waals surface area contributed by atoms with Crippen LogP contribution in [0.15, 0.2) is 47.1 Å². The topological polar surface area (TPSA) is 80.1 Å². The molecule has 0 saturated carbocycles. The summed E-state index contributed by atoms with van der Waals surface area (Å²) in [5, 5.41) is 10.3. The van der Waals surface area contributed by atoms with E-state index in [4.69, 9.17) is 4.52 Å². The molecule has 1 aliphatic heterocycles. The second-order valence-electron chi connectivity index (χ2n) is 5.93. The molecule has 0 spiro atoms. The maximum atomic E-state index is 12.3. The number of aromatic nitrogens is 2. The number of amides is 1. The third-order valence-electron chi connectivity index (χ3n) is 4.16. The Morgan fingerprint density at radius 1 is 1.32 bits per heavy atom. The Balaban J connectivity index is 1.37. The van der Waals surface area contributed by atoms with Crippen LogP contribution in [0.3, 0.4) is 0 Å². The minimum Gasteiger partial charge on any atom is -0.359 e. The highest BCUT2D eigenvalue weighted by molar-refractivity contribution is 7.14. The van der Waals surface area contributed by atoms with Gasteiger partial charge in [-0.05, 0) is 43.7 Å². The Hall–Kier alpha value is -2.51. The van der Waals surface area contributed by atoms with Crippen molar-refractivity contribution in [2.24, 2.45) is 0 Å². The van der Waals surface area contributed by atoms with E-state index in [2.05, 4.69) is 20.8 Å². The molecule has 7 heteroatoms. The Bertz CT molecular complexity index is 853. The molecule has 128 valence electrons. The highest BCUT2D eigenvalue weighted by Crippen LogP contribution is 2.29. The van der Waals surface area contributed by atoms with E-state index >= 15 is 0 Å². The van der Waals surface area contributed by atoms with Crippen LogP contribution in [0.5, 0.6) is 0 Å². The summed E-state index contributed by atoms with van der Waals surface area (Å²) < 4.78 is 5.28. The fourth-order valence-corrected chi connectivity index (χ4v) is 3.91. The molecule has 1 aliphatic rings. The summed E-state index contributed by atoms with van der Waals surface area (Å²) in [6.07, 6.45) is 4.03. The van der Waals surface area contributed by atoms with Crippen molar-refractivity contribution in [2.75, 3.05) is 6.54 Å².